The molecule has 1 unspecified atom stereocenters. The van der Waals surface area contributed by atoms with Crippen LogP contribution in [0.4, 0.5) is 0 Å². The van der Waals surface area contributed by atoms with Crippen LogP contribution in [0.15, 0.2) is 48.5 Å². The molecule has 0 saturated heterocycles. The Labute approximate surface area is 125 Å². The van der Waals surface area contributed by atoms with Gasteiger partial charge in [-0.2, -0.15) is 0 Å². The molecule has 1 aliphatic rings. The Morgan fingerprint density at radius 1 is 1.05 bits per heavy atom. The van der Waals surface area contributed by atoms with Crippen molar-refractivity contribution < 1.29 is 9.84 Å². The molecule has 0 amide bonds. The minimum absolute atomic E-state index is 0.463. The first kappa shape index (κ1) is 14.1. The Morgan fingerprint density at radius 3 is 2.24 bits per heavy atom. The number of nitrogens with zero attached hydrogens (tertiary/aromatic N) is 1. The van der Waals surface area contributed by atoms with Crippen LogP contribution < -0.4 is 4.74 Å². The number of β-amino-alcohol motifs (C(OH)–C–C–N with tert-alkyl or cyclic N) is 1. The second-order valence-corrected chi connectivity index (χ2v) is 5.46. The third kappa shape index (κ3) is 3.26. The van der Waals surface area contributed by atoms with Crippen molar-refractivity contribution in [1.29, 1.82) is 0 Å². The van der Waals surface area contributed by atoms with E-state index in [1.54, 1.807) is 0 Å². The predicted octanol–water partition coefficient (Wildman–Crippen LogP) is 3.13. The zero-order valence-electron chi connectivity index (χ0n) is 12.3. The number of benzene rings is 2. The van der Waals surface area contributed by atoms with Crippen molar-refractivity contribution in [2.45, 2.75) is 26.1 Å². The molecule has 0 radical (unpaired) electrons. The van der Waals surface area contributed by atoms with Crippen molar-refractivity contribution in [2.24, 2.45) is 0 Å². The molecule has 110 valence electrons. The number of hydrogen-bond acceptors (Lipinski definition) is 3. The molecule has 1 atom stereocenters. The zero-order valence-corrected chi connectivity index (χ0v) is 12.3. The summed E-state index contributed by atoms with van der Waals surface area (Å²) in [4.78, 5) is 2.28. The van der Waals surface area contributed by atoms with E-state index in [0.29, 0.717) is 13.2 Å². The van der Waals surface area contributed by atoms with Gasteiger partial charge < -0.3 is 9.84 Å². The Balaban J connectivity index is 1.61. The van der Waals surface area contributed by atoms with E-state index in [2.05, 4.69) is 29.2 Å². The van der Waals surface area contributed by atoms with Crippen molar-refractivity contribution in [3.8, 4) is 5.75 Å². The second kappa shape index (κ2) is 6.29. The van der Waals surface area contributed by atoms with Gasteiger partial charge in [0.25, 0.3) is 0 Å². The van der Waals surface area contributed by atoms with Crippen LogP contribution in [0.25, 0.3) is 0 Å². The fourth-order valence-corrected chi connectivity index (χ4v) is 2.84. The van der Waals surface area contributed by atoms with E-state index >= 15 is 0 Å². The minimum Gasteiger partial charge on any atom is -0.494 e. The molecular weight excluding hydrogens is 262 g/mol. The van der Waals surface area contributed by atoms with Crippen LogP contribution in [0, 0.1) is 0 Å². The summed E-state index contributed by atoms with van der Waals surface area (Å²) in [6, 6.07) is 16.2. The van der Waals surface area contributed by atoms with E-state index in [-0.39, 0.29) is 0 Å². The third-order valence-electron chi connectivity index (χ3n) is 3.91. The largest absolute Gasteiger partial charge is 0.494 e. The summed E-state index contributed by atoms with van der Waals surface area (Å²) in [5.74, 6) is 0.849. The highest BCUT2D eigenvalue weighted by Crippen LogP contribution is 2.25. The summed E-state index contributed by atoms with van der Waals surface area (Å²) in [7, 11) is 0. The van der Waals surface area contributed by atoms with Crippen molar-refractivity contribution in [2.75, 3.05) is 13.2 Å². The summed E-state index contributed by atoms with van der Waals surface area (Å²) in [6.45, 7) is 5.12. The van der Waals surface area contributed by atoms with Crippen LogP contribution in [0.3, 0.4) is 0 Å². The van der Waals surface area contributed by atoms with E-state index < -0.39 is 6.10 Å². The quantitative estimate of drug-likeness (QED) is 0.915. The Hall–Kier alpha value is -1.84. The first-order valence-corrected chi connectivity index (χ1v) is 7.46. The summed E-state index contributed by atoms with van der Waals surface area (Å²) in [6.07, 6.45) is -0.463. The van der Waals surface area contributed by atoms with Gasteiger partial charge in [-0.25, -0.2) is 0 Å². The highest BCUT2D eigenvalue weighted by Gasteiger charge is 2.21. The lowest BCUT2D eigenvalue weighted by Gasteiger charge is -2.20. The van der Waals surface area contributed by atoms with Gasteiger partial charge in [-0.05, 0) is 35.7 Å². The SMILES string of the molecule is CCOc1ccc(C(O)CN2Cc3ccccc3C2)cc1. The lowest BCUT2D eigenvalue weighted by atomic mass is 10.1. The van der Waals surface area contributed by atoms with Crippen molar-refractivity contribution >= 4 is 0 Å². The summed E-state index contributed by atoms with van der Waals surface area (Å²) in [5, 5.41) is 10.4. The average Bonchev–Trinajstić information content (AvgIpc) is 2.90. The first-order chi connectivity index (χ1) is 10.3. The number of ether oxygens (including phenoxy) is 1. The molecule has 21 heavy (non-hydrogen) atoms. The monoisotopic (exact) mass is 283 g/mol. The Bertz CT molecular complexity index is 569. The van der Waals surface area contributed by atoms with Gasteiger partial charge in [0.1, 0.15) is 5.75 Å². The highest BCUT2D eigenvalue weighted by atomic mass is 16.5. The van der Waals surface area contributed by atoms with Crippen molar-refractivity contribution in [3.05, 3.63) is 65.2 Å². The van der Waals surface area contributed by atoms with E-state index in [1.807, 2.05) is 31.2 Å². The molecule has 1 N–H and O–H groups in total. The Morgan fingerprint density at radius 2 is 1.67 bits per heavy atom. The van der Waals surface area contributed by atoms with Crippen molar-refractivity contribution in [1.82, 2.24) is 4.90 Å². The van der Waals surface area contributed by atoms with E-state index in [4.69, 9.17) is 4.74 Å². The summed E-state index contributed by atoms with van der Waals surface area (Å²) < 4.78 is 5.42. The topological polar surface area (TPSA) is 32.7 Å². The number of aliphatic hydroxyl groups excluding tert-OH is 1. The van der Waals surface area contributed by atoms with E-state index in [1.165, 1.54) is 11.1 Å². The fourth-order valence-electron chi connectivity index (χ4n) is 2.84. The molecule has 3 rings (SSSR count). The van der Waals surface area contributed by atoms with Gasteiger partial charge in [0.15, 0.2) is 0 Å². The maximum Gasteiger partial charge on any atom is 0.119 e. The second-order valence-electron chi connectivity index (χ2n) is 5.46. The summed E-state index contributed by atoms with van der Waals surface area (Å²) in [5.41, 5.74) is 3.68. The number of aliphatic hydroxyl groups is 1. The van der Waals surface area contributed by atoms with Gasteiger partial charge in [-0.15, -0.1) is 0 Å². The van der Waals surface area contributed by atoms with E-state index in [9.17, 15) is 5.11 Å². The summed E-state index contributed by atoms with van der Waals surface area (Å²) >= 11 is 0. The van der Waals surface area contributed by atoms with Gasteiger partial charge in [0.2, 0.25) is 0 Å². The minimum atomic E-state index is -0.463. The Kier molecular flexibility index (Phi) is 4.23. The lowest BCUT2D eigenvalue weighted by Crippen LogP contribution is -2.23. The molecule has 0 fully saturated rings. The number of rotatable bonds is 5. The smallest absolute Gasteiger partial charge is 0.119 e. The molecule has 0 saturated carbocycles. The maximum atomic E-state index is 10.4. The van der Waals surface area contributed by atoms with Gasteiger partial charge in [-0.1, -0.05) is 36.4 Å². The molecular formula is C18H21NO2. The lowest BCUT2D eigenvalue weighted by molar-refractivity contribution is 0.112. The number of fused-ring (bicyclic) bond motifs is 1. The van der Waals surface area contributed by atoms with Gasteiger partial charge in [-0.3, -0.25) is 4.90 Å². The fraction of sp³-hybridized carbons (Fsp3) is 0.333. The average molecular weight is 283 g/mol. The molecule has 3 nitrogen and oxygen atoms in total. The molecule has 0 aromatic heterocycles. The zero-order chi connectivity index (χ0) is 14.7. The molecule has 2 aromatic carbocycles. The molecule has 2 aromatic rings. The van der Waals surface area contributed by atoms with Crippen LogP contribution in [0.1, 0.15) is 29.7 Å². The number of hydrogen-bond donors (Lipinski definition) is 1. The third-order valence-corrected chi connectivity index (χ3v) is 3.91. The van der Waals surface area contributed by atoms with Crippen LogP contribution in [-0.4, -0.2) is 23.2 Å². The highest BCUT2D eigenvalue weighted by molar-refractivity contribution is 5.31. The molecule has 3 heteroatoms. The molecule has 1 heterocycles. The van der Waals surface area contributed by atoms with Gasteiger partial charge in [0, 0.05) is 19.6 Å². The van der Waals surface area contributed by atoms with E-state index in [0.717, 1.165) is 24.4 Å². The molecule has 1 aliphatic heterocycles. The first-order valence-electron chi connectivity index (χ1n) is 7.46. The standard InChI is InChI=1S/C18H21NO2/c1-2-21-17-9-7-14(8-10-17)18(20)13-19-11-15-5-3-4-6-16(15)12-19/h3-10,18,20H,2,11-13H2,1H3. The van der Waals surface area contributed by atoms with Crippen LogP contribution in [-0.2, 0) is 13.1 Å². The van der Waals surface area contributed by atoms with Crippen molar-refractivity contribution in [3.63, 3.8) is 0 Å². The normalized spacial score (nSPS) is 15.7. The molecule has 0 bridgehead atoms. The van der Waals surface area contributed by atoms with Gasteiger partial charge in [0.05, 0.1) is 12.7 Å². The molecule has 0 aliphatic carbocycles. The van der Waals surface area contributed by atoms with Crippen LogP contribution >= 0.6 is 0 Å². The predicted molar refractivity (Wildman–Crippen MR) is 83.1 cm³/mol. The van der Waals surface area contributed by atoms with Crippen LogP contribution in [0.2, 0.25) is 0 Å². The maximum absolute atomic E-state index is 10.4. The van der Waals surface area contributed by atoms with Gasteiger partial charge >= 0.3 is 0 Å². The van der Waals surface area contributed by atoms with Crippen LogP contribution in [0.5, 0.6) is 5.75 Å². The molecule has 0 spiro atoms.